The first-order chi connectivity index (χ1) is 7.04. The molecule has 0 aliphatic heterocycles. The minimum atomic E-state index is -0.214. The van der Waals surface area contributed by atoms with E-state index in [-0.39, 0.29) is 12.4 Å². The molecule has 0 atom stereocenters. The molecule has 0 saturated carbocycles. The molecule has 0 aliphatic carbocycles. The first-order valence-corrected chi connectivity index (χ1v) is 5.54. The molecule has 1 aromatic carbocycles. The quantitative estimate of drug-likeness (QED) is 0.679. The van der Waals surface area contributed by atoms with Crippen LogP contribution in [0.25, 0.3) is 0 Å². The first kappa shape index (κ1) is 12.0. The van der Waals surface area contributed by atoms with Crippen LogP contribution in [0, 0.1) is 6.92 Å². The van der Waals surface area contributed by atoms with Gasteiger partial charge in [0.15, 0.2) is 0 Å². The summed E-state index contributed by atoms with van der Waals surface area (Å²) in [4.78, 5) is 11.3. The van der Waals surface area contributed by atoms with Gasteiger partial charge in [-0.05, 0) is 47.0 Å². The average molecular weight is 272 g/mol. The van der Waals surface area contributed by atoms with Gasteiger partial charge in [0.1, 0.15) is 0 Å². The molecule has 0 radical (unpaired) electrons. The van der Waals surface area contributed by atoms with Crippen LogP contribution in [0.3, 0.4) is 0 Å². The SMILES string of the molecule is CCOC(=O)Cc1cc(C)c(N)c(Br)c1. The maximum absolute atomic E-state index is 11.3. The number of nitrogens with two attached hydrogens (primary N) is 1. The van der Waals surface area contributed by atoms with Crippen molar-refractivity contribution in [2.75, 3.05) is 12.3 Å². The molecule has 15 heavy (non-hydrogen) atoms. The molecule has 4 heteroatoms. The summed E-state index contributed by atoms with van der Waals surface area (Å²) in [6.07, 6.45) is 0.285. The van der Waals surface area contributed by atoms with Crippen molar-refractivity contribution in [2.45, 2.75) is 20.3 Å². The summed E-state index contributed by atoms with van der Waals surface area (Å²) in [5.74, 6) is -0.214. The van der Waals surface area contributed by atoms with E-state index >= 15 is 0 Å². The van der Waals surface area contributed by atoms with Crippen molar-refractivity contribution in [1.82, 2.24) is 0 Å². The number of nitrogen functional groups attached to an aromatic ring is 1. The highest BCUT2D eigenvalue weighted by molar-refractivity contribution is 9.10. The second-order valence-corrected chi connectivity index (χ2v) is 4.14. The smallest absolute Gasteiger partial charge is 0.310 e. The fourth-order valence-corrected chi connectivity index (χ4v) is 1.91. The number of rotatable bonds is 3. The van der Waals surface area contributed by atoms with Gasteiger partial charge in [0.05, 0.1) is 13.0 Å². The number of benzene rings is 1. The summed E-state index contributed by atoms with van der Waals surface area (Å²) in [7, 11) is 0. The molecule has 0 aromatic heterocycles. The van der Waals surface area contributed by atoms with Gasteiger partial charge in [0, 0.05) is 10.2 Å². The Bertz CT molecular complexity index is 354. The van der Waals surface area contributed by atoms with Crippen LogP contribution in [-0.2, 0) is 16.0 Å². The van der Waals surface area contributed by atoms with Gasteiger partial charge in [-0.3, -0.25) is 4.79 Å². The molecular weight excluding hydrogens is 258 g/mol. The van der Waals surface area contributed by atoms with E-state index < -0.39 is 0 Å². The molecule has 1 aromatic rings. The maximum atomic E-state index is 11.3. The van der Waals surface area contributed by atoms with Crippen LogP contribution in [0.15, 0.2) is 16.6 Å². The Morgan fingerprint density at radius 3 is 2.73 bits per heavy atom. The summed E-state index contributed by atoms with van der Waals surface area (Å²) in [5.41, 5.74) is 8.36. The molecule has 2 N–H and O–H groups in total. The zero-order valence-corrected chi connectivity index (χ0v) is 10.4. The Balaban J connectivity index is 2.83. The molecule has 0 bridgehead atoms. The van der Waals surface area contributed by atoms with Crippen LogP contribution < -0.4 is 5.73 Å². The van der Waals surface area contributed by atoms with Crippen LogP contribution in [-0.4, -0.2) is 12.6 Å². The van der Waals surface area contributed by atoms with Crippen molar-refractivity contribution in [3.63, 3.8) is 0 Å². The average Bonchev–Trinajstić information content (AvgIpc) is 2.14. The largest absolute Gasteiger partial charge is 0.466 e. The lowest BCUT2D eigenvalue weighted by molar-refractivity contribution is -0.142. The van der Waals surface area contributed by atoms with Gasteiger partial charge in [-0.25, -0.2) is 0 Å². The fourth-order valence-electron chi connectivity index (χ4n) is 1.31. The number of halogens is 1. The fraction of sp³-hybridized carbons (Fsp3) is 0.364. The lowest BCUT2D eigenvalue weighted by Crippen LogP contribution is -2.08. The van der Waals surface area contributed by atoms with Gasteiger partial charge < -0.3 is 10.5 Å². The van der Waals surface area contributed by atoms with Gasteiger partial charge in [-0.2, -0.15) is 0 Å². The van der Waals surface area contributed by atoms with Crippen molar-refractivity contribution in [3.05, 3.63) is 27.7 Å². The Kier molecular flexibility index (Phi) is 4.15. The first-order valence-electron chi connectivity index (χ1n) is 4.74. The number of ether oxygens (including phenoxy) is 1. The van der Waals surface area contributed by atoms with Crippen molar-refractivity contribution >= 4 is 27.6 Å². The monoisotopic (exact) mass is 271 g/mol. The summed E-state index contributed by atoms with van der Waals surface area (Å²) < 4.78 is 5.69. The zero-order valence-electron chi connectivity index (χ0n) is 8.84. The molecule has 0 heterocycles. The van der Waals surface area contributed by atoms with Gasteiger partial charge in [-0.15, -0.1) is 0 Å². The molecule has 82 valence electrons. The number of hydrogen-bond acceptors (Lipinski definition) is 3. The van der Waals surface area contributed by atoms with Gasteiger partial charge in [0.2, 0.25) is 0 Å². The molecule has 1 rings (SSSR count). The standard InChI is InChI=1S/C11H14BrNO2/c1-3-15-10(14)6-8-4-7(2)11(13)9(12)5-8/h4-5H,3,6,13H2,1-2H3. The Hall–Kier alpha value is -1.03. The van der Waals surface area contributed by atoms with Crippen LogP contribution in [0.1, 0.15) is 18.1 Å². The lowest BCUT2D eigenvalue weighted by atomic mass is 10.1. The summed E-state index contributed by atoms with van der Waals surface area (Å²) in [5, 5.41) is 0. The Labute approximate surface area is 97.7 Å². The van der Waals surface area contributed by atoms with Crippen molar-refractivity contribution in [1.29, 1.82) is 0 Å². The van der Waals surface area contributed by atoms with Crippen molar-refractivity contribution < 1.29 is 9.53 Å². The van der Waals surface area contributed by atoms with Crippen LogP contribution >= 0.6 is 15.9 Å². The van der Waals surface area contributed by atoms with E-state index in [1.54, 1.807) is 6.92 Å². The predicted octanol–water partition coefficient (Wildman–Crippen LogP) is 2.45. The van der Waals surface area contributed by atoms with Crippen molar-refractivity contribution in [3.8, 4) is 0 Å². The minimum absolute atomic E-state index is 0.214. The number of esters is 1. The lowest BCUT2D eigenvalue weighted by Gasteiger charge is -2.07. The normalized spacial score (nSPS) is 10.1. The second kappa shape index (κ2) is 5.16. The van der Waals surface area contributed by atoms with E-state index in [1.807, 2.05) is 19.1 Å². The summed E-state index contributed by atoms with van der Waals surface area (Å²) >= 11 is 3.35. The molecule has 0 unspecified atom stereocenters. The summed E-state index contributed by atoms with van der Waals surface area (Å²) in [6, 6.07) is 3.75. The molecule has 0 fully saturated rings. The van der Waals surface area contributed by atoms with E-state index in [0.29, 0.717) is 12.3 Å². The third-order valence-corrected chi connectivity index (χ3v) is 2.71. The highest BCUT2D eigenvalue weighted by Crippen LogP contribution is 2.25. The van der Waals surface area contributed by atoms with Crippen molar-refractivity contribution in [2.24, 2.45) is 0 Å². The predicted molar refractivity (Wildman–Crippen MR) is 63.6 cm³/mol. The van der Waals surface area contributed by atoms with E-state index in [0.717, 1.165) is 15.6 Å². The number of anilines is 1. The molecular formula is C11H14BrNO2. The highest BCUT2D eigenvalue weighted by Gasteiger charge is 2.07. The molecule has 0 aliphatic rings. The molecule has 0 spiro atoms. The maximum Gasteiger partial charge on any atom is 0.310 e. The van der Waals surface area contributed by atoms with E-state index in [2.05, 4.69) is 15.9 Å². The molecule has 3 nitrogen and oxygen atoms in total. The third kappa shape index (κ3) is 3.23. The minimum Gasteiger partial charge on any atom is -0.466 e. The number of aryl methyl sites for hydroxylation is 1. The Morgan fingerprint density at radius 1 is 1.53 bits per heavy atom. The second-order valence-electron chi connectivity index (χ2n) is 3.29. The number of carbonyl (C=O) groups excluding carboxylic acids is 1. The van der Waals surface area contributed by atoms with E-state index in [9.17, 15) is 4.79 Å². The van der Waals surface area contributed by atoms with Crippen LogP contribution in [0.4, 0.5) is 5.69 Å². The van der Waals surface area contributed by atoms with Gasteiger partial charge >= 0.3 is 5.97 Å². The molecule has 0 amide bonds. The van der Waals surface area contributed by atoms with Crippen LogP contribution in [0.5, 0.6) is 0 Å². The zero-order chi connectivity index (χ0) is 11.4. The molecule has 0 saturated heterocycles. The topological polar surface area (TPSA) is 52.3 Å². The number of carbonyl (C=O) groups is 1. The van der Waals surface area contributed by atoms with Gasteiger partial charge in [0.25, 0.3) is 0 Å². The summed E-state index contributed by atoms with van der Waals surface area (Å²) in [6.45, 7) is 4.12. The van der Waals surface area contributed by atoms with E-state index in [1.165, 1.54) is 0 Å². The highest BCUT2D eigenvalue weighted by atomic mass is 79.9. The number of hydrogen-bond donors (Lipinski definition) is 1. The van der Waals surface area contributed by atoms with Gasteiger partial charge in [-0.1, -0.05) is 6.07 Å². The van der Waals surface area contributed by atoms with E-state index in [4.69, 9.17) is 10.5 Å². The van der Waals surface area contributed by atoms with Crippen LogP contribution in [0.2, 0.25) is 0 Å². The third-order valence-electron chi connectivity index (χ3n) is 2.05. The Morgan fingerprint density at radius 2 is 2.20 bits per heavy atom.